The van der Waals surface area contributed by atoms with E-state index in [1.807, 2.05) is 5.01 Å². The smallest absolute Gasteiger partial charge is 0.141 e. The number of ether oxygens (including phenoxy) is 1. The van der Waals surface area contributed by atoms with Crippen molar-refractivity contribution in [3.05, 3.63) is 29.0 Å². The van der Waals surface area contributed by atoms with Crippen molar-refractivity contribution in [3.63, 3.8) is 0 Å². The van der Waals surface area contributed by atoms with Crippen LogP contribution in [0.15, 0.2) is 18.2 Å². The molecule has 1 fully saturated rings. The van der Waals surface area contributed by atoms with E-state index in [4.69, 9.17) is 16.3 Å². The van der Waals surface area contributed by atoms with E-state index in [0.29, 0.717) is 13.2 Å². The van der Waals surface area contributed by atoms with Crippen molar-refractivity contribution >= 4 is 17.3 Å². The molecule has 0 atom stereocenters. The maximum Gasteiger partial charge on any atom is 0.141 e. The van der Waals surface area contributed by atoms with Gasteiger partial charge in [-0.3, -0.25) is 0 Å². The number of morpholine rings is 1. The van der Waals surface area contributed by atoms with E-state index in [0.717, 1.165) is 18.8 Å². The molecule has 0 amide bonds. The van der Waals surface area contributed by atoms with E-state index in [-0.39, 0.29) is 5.02 Å². The predicted octanol–water partition coefficient (Wildman–Crippen LogP) is 2.14. The van der Waals surface area contributed by atoms with Crippen LogP contribution in [0, 0.1) is 5.82 Å². The highest BCUT2D eigenvalue weighted by atomic mass is 35.5. The Morgan fingerprint density at radius 1 is 1.33 bits per heavy atom. The number of hydrazine groups is 1. The highest BCUT2D eigenvalue weighted by Crippen LogP contribution is 2.19. The van der Waals surface area contributed by atoms with Gasteiger partial charge in [-0.05, 0) is 18.2 Å². The fourth-order valence-electron chi connectivity index (χ4n) is 1.42. The number of nitrogens with one attached hydrogen (secondary N) is 1. The molecule has 1 aliphatic rings. The summed E-state index contributed by atoms with van der Waals surface area (Å²) in [5.41, 5.74) is 3.95. The number of benzene rings is 1. The topological polar surface area (TPSA) is 24.5 Å². The minimum atomic E-state index is -0.399. The molecule has 1 aromatic rings. The average Bonchev–Trinajstić information content (AvgIpc) is 2.25. The van der Waals surface area contributed by atoms with Crippen LogP contribution in [0.1, 0.15) is 0 Å². The first-order valence-corrected chi connectivity index (χ1v) is 5.18. The van der Waals surface area contributed by atoms with Gasteiger partial charge in [0.15, 0.2) is 0 Å². The zero-order valence-corrected chi connectivity index (χ0v) is 8.93. The Morgan fingerprint density at radius 2 is 2.07 bits per heavy atom. The standard InChI is InChI=1S/C10H12ClFN2O/c11-9-7-8(1-2-10(9)12)13-14-3-5-15-6-4-14/h1-2,7,13H,3-6H2. The van der Waals surface area contributed by atoms with E-state index in [1.165, 1.54) is 6.07 Å². The molecule has 2 rings (SSSR count). The van der Waals surface area contributed by atoms with Crippen LogP contribution in [0.5, 0.6) is 0 Å². The van der Waals surface area contributed by atoms with Crippen molar-refractivity contribution in [3.8, 4) is 0 Å². The minimum absolute atomic E-state index is 0.133. The van der Waals surface area contributed by atoms with Gasteiger partial charge in [0.1, 0.15) is 5.82 Å². The lowest BCUT2D eigenvalue weighted by atomic mass is 10.3. The fraction of sp³-hybridized carbons (Fsp3) is 0.400. The zero-order chi connectivity index (χ0) is 10.7. The zero-order valence-electron chi connectivity index (χ0n) is 8.17. The maximum absolute atomic E-state index is 12.9. The van der Waals surface area contributed by atoms with Gasteiger partial charge in [0.25, 0.3) is 0 Å². The molecule has 3 nitrogen and oxygen atoms in total. The first kappa shape index (κ1) is 10.7. The second kappa shape index (κ2) is 4.79. The van der Waals surface area contributed by atoms with Crippen molar-refractivity contribution in [1.82, 2.24) is 5.01 Å². The van der Waals surface area contributed by atoms with Crippen LogP contribution in [-0.2, 0) is 4.74 Å². The molecule has 1 heterocycles. The highest BCUT2D eigenvalue weighted by molar-refractivity contribution is 6.31. The van der Waals surface area contributed by atoms with Gasteiger partial charge >= 0.3 is 0 Å². The molecule has 0 unspecified atom stereocenters. The molecule has 0 spiro atoms. The van der Waals surface area contributed by atoms with Crippen molar-refractivity contribution < 1.29 is 9.13 Å². The summed E-state index contributed by atoms with van der Waals surface area (Å²) in [5, 5.41) is 2.15. The van der Waals surface area contributed by atoms with Crippen molar-refractivity contribution in [2.45, 2.75) is 0 Å². The van der Waals surface area contributed by atoms with Crippen LogP contribution in [0.2, 0.25) is 5.02 Å². The van der Waals surface area contributed by atoms with Crippen molar-refractivity contribution in [2.75, 3.05) is 31.7 Å². The highest BCUT2D eigenvalue weighted by Gasteiger charge is 2.10. The summed E-state index contributed by atoms with van der Waals surface area (Å²) in [5.74, 6) is -0.399. The van der Waals surface area contributed by atoms with Gasteiger partial charge in [0, 0.05) is 13.1 Å². The third kappa shape index (κ3) is 2.81. The molecule has 0 bridgehead atoms. The van der Waals surface area contributed by atoms with Gasteiger partial charge in [-0.1, -0.05) is 11.6 Å². The van der Waals surface area contributed by atoms with Gasteiger partial charge < -0.3 is 10.2 Å². The molecule has 0 aliphatic carbocycles. The van der Waals surface area contributed by atoms with Crippen LogP contribution < -0.4 is 5.43 Å². The number of hydrogen-bond acceptors (Lipinski definition) is 3. The molecule has 82 valence electrons. The van der Waals surface area contributed by atoms with E-state index in [1.54, 1.807) is 12.1 Å². The van der Waals surface area contributed by atoms with Crippen LogP contribution in [0.4, 0.5) is 10.1 Å². The van der Waals surface area contributed by atoms with Gasteiger partial charge in [0.2, 0.25) is 0 Å². The molecule has 0 aromatic heterocycles. The van der Waals surface area contributed by atoms with E-state index in [9.17, 15) is 4.39 Å². The molecule has 5 heteroatoms. The normalized spacial score (nSPS) is 17.7. The Labute approximate surface area is 92.7 Å². The van der Waals surface area contributed by atoms with E-state index in [2.05, 4.69) is 5.43 Å². The Hall–Kier alpha value is -0.840. The summed E-state index contributed by atoms with van der Waals surface area (Å²) >= 11 is 5.67. The Kier molecular flexibility index (Phi) is 3.41. The second-order valence-electron chi connectivity index (χ2n) is 3.34. The summed E-state index contributed by atoms with van der Waals surface area (Å²) in [6.45, 7) is 3.05. The molecule has 1 N–H and O–H groups in total. The largest absolute Gasteiger partial charge is 0.379 e. The molecule has 0 saturated carbocycles. The lowest BCUT2D eigenvalue weighted by molar-refractivity contribution is 0.0497. The summed E-state index contributed by atoms with van der Waals surface area (Å²) in [7, 11) is 0. The molecular weight excluding hydrogens is 219 g/mol. The fourth-order valence-corrected chi connectivity index (χ4v) is 1.60. The SMILES string of the molecule is Fc1ccc(NN2CCOCC2)cc1Cl. The Morgan fingerprint density at radius 3 is 2.73 bits per heavy atom. The van der Waals surface area contributed by atoms with Gasteiger partial charge in [0.05, 0.1) is 23.9 Å². The lowest BCUT2D eigenvalue weighted by Crippen LogP contribution is -2.40. The second-order valence-corrected chi connectivity index (χ2v) is 3.75. The van der Waals surface area contributed by atoms with Gasteiger partial charge in [-0.25, -0.2) is 9.40 Å². The Balaban J connectivity index is 2.00. The van der Waals surface area contributed by atoms with E-state index < -0.39 is 5.82 Å². The van der Waals surface area contributed by atoms with Gasteiger partial charge in [-0.15, -0.1) is 0 Å². The molecular formula is C10H12ClFN2O. The number of anilines is 1. The van der Waals surface area contributed by atoms with Crippen LogP contribution in [-0.4, -0.2) is 31.3 Å². The maximum atomic E-state index is 12.9. The van der Waals surface area contributed by atoms with Crippen molar-refractivity contribution in [2.24, 2.45) is 0 Å². The number of rotatable bonds is 2. The summed E-state index contributed by atoms with van der Waals surface area (Å²) in [4.78, 5) is 0. The molecule has 15 heavy (non-hydrogen) atoms. The van der Waals surface area contributed by atoms with Gasteiger partial charge in [-0.2, -0.15) is 0 Å². The third-order valence-corrected chi connectivity index (χ3v) is 2.51. The number of nitrogens with zero attached hydrogens (tertiary/aromatic N) is 1. The predicted molar refractivity (Wildman–Crippen MR) is 57.4 cm³/mol. The summed E-state index contributed by atoms with van der Waals surface area (Å²) in [6.07, 6.45) is 0. The lowest BCUT2D eigenvalue weighted by Gasteiger charge is -2.27. The third-order valence-electron chi connectivity index (χ3n) is 2.22. The van der Waals surface area contributed by atoms with Crippen LogP contribution >= 0.6 is 11.6 Å². The monoisotopic (exact) mass is 230 g/mol. The van der Waals surface area contributed by atoms with Crippen LogP contribution in [0.25, 0.3) is 0 Å². The summed E-state index contributed by atoms with van der Waals surface area (Å²) in [6, 6.07) is 4.59. The quantitative estimate of drug-likeness (QED) is 0.843. The number of hydrogen-bond donors (Lipinski definition) is 1. The first-order valence-electron chi connectivity index (χ1n) is 4.80. The Bertz CT molecular complexity index is 342. The molecule has 1 saturated heterocycles. The molecule has 1 aliphatic heterocycles. The van der Waals surface area contributed by atoms with Crippen LogP contribution in [0.3, 0.4) is 0 Å². The minimum Gasteiger partial charge on any atom is -0.379 e. The average molecular weight is 231 g/mol. The molecule has 1 aromatic carbocycles. The molecule has 0 radical (unpaired) electrons. The van der Waals surface area contributed by atoms with E-state index >= 15 is 0 Å². The first-order chi connectivity index (χ1) is 7.25. The van der Waals surface area contributed by atoms with Crippen molar-refractivity contribution in [1.29, 1.82) is 0 Å². The number of halogens is 2. The summed E-state index contributed by atoms with van der Waals surface area (Å²) < 4.78 is 18.1.